The molecule has 2 nitrogen and oxygen atoms in total. The highest BCUT2D eigenvalue weighted by atomic mass is 19.1. The van der Waals surface area contributed by atoms with Crippen LogP contribution in [0.3, 0.4) is 0 Å². The summed E-state index contributed by atoms with van der Waals surface area (Å²) >= 11 is 0. The van der Waals surface area contributed by atoms with Gasteiger partial charge in [0.15, 0.2) is 0 Å². The van der Waals surface area contributed by atoms with E-state index in [1.54, 1.807) is 19.2 Å². The van der Waals surface area contributed by atoms with Crippen LogP contribution in [0.15, 0.2) is 42.5 Å². The van der Waals surface area contributed by atoms with Gasteiger partial charge in [-0.3, -0.25) is 0 Å². The minimum absolute atomic E-state index is 0.0726. The summed E-state index contributed by atoms with van der Waals surface area (Å²) in [6.45, 7) is 1.40. The van der Waals surface area contributed by atoms with Crippen molar-refractivity contribution in [1.29, 1.82) is 0 Å². The van der Waals surface area contributed by atoms with Crippen molar-refractivity contribution < 1.29 is 9.13 Å². The molecule has 0 saturated heterocycles. The molecule has 0 aliphatic heterocycles. The maximum Gasteiger partial charge on any atom is 0.126 e. The van der Waals surface area contributed by atoms with Gasteiger partial charge < -0.3 is 10.1 Å². The number of benzene rings is 2. The maximum atomic E-state index is 13.7. The van der Waals surface area contributed by atoms with Crippen molar-refractivity contribution in [3.63, 3.8) is 0 Å². The van der Waals surface area contributed by atoms with Gasteiger partial charge in [-0.1, -0.05) is 36.4 Å². The van der Waals surface area contributed by atoms with Gasteiger partial charge in [-0.05, 0) is 41.2 Å². The Hall–Kier alpha value is -1.71. The van der Waals surface area contributed by atoms with Crippen molar-refractivity contribution >= 4 is 0 Å². The monoisotopic (exact) mass is 285 g/mol. The van der Waals surface area contributed by atoms with Crippen LogP contribution in [0.25, 0.3) is 0 Å². The van der Waals surface area contributed by atoms with Gasteiger partial charge in [0.2, 0.25) is 0 Å². The van der Waals surface area contributed by atoms with Crippen molar-refractivity contribution in [3.8, 4) is 0 Å². The predicted octanol–water partition coefficient (Wildman–Crippen LogP) is 3.75. The van der Waals surface area contributed by atoms with Gasteiger partial charge in [-0.25, -0.2) is 4.39 Å². The molecule has 1 unspecified atom stereocenters. The quantitative estimate of drug-likeness (QED) is 0.903. The predicted molar refractivity (Wildman–Crippen MR) is 81.5 cm³/mol. The van der Waals surface area contributed by atoms with E-state index in [0.717, 1.165) is 30.5 Å². The first-order valence-corrected chi connectivity index (χ1v) is 7.36. The van der Waals surface area contributed by atoms with Crippen LogP contribution in [-0.2, 0) is 24.3 Å². The molecule has 1 aliphatic carbocycles. The van der Waals surface area contributed by atoms with Crippen molar-refractivity contribution in [3.05, 3.63) is 70.5 Å². The molecule has 0 bridgehead atoms. The van der Waals surface area contributed by atoms with Gasteiger partial charge in [0.05, 0.1) is 6.61 Å². The second-order valence-electron chi connectivity index (χ2n) is 5.48. The summed E-state index contributed by atoms with van der Waals surface area (Å²) in [7, 11) is 1.71. The Morgan fingerprint density at radius 3 is 2.76 bits per heavy atom. The summed E-state index contributed by atoms with van der Waals surface area (Å²) in [5, 5.41) is 3.56. The number of halogens is 1. The summed E-state index contributed by atoms with van der Waals surface area (Å²) in [6.07, 6.45) is 1.78. The Morgan fingerprint density at radius 1 is 1.14 bits per heavy atom. The summed E-state index contributed by atoms with van der Waals surface area (Å²) in [4.78, 5) is 0. The number of rotatable bonds is 5. The second-order valence-corrected chi connectivity index (χ2v) is 5.48. The topological polar surface area (TPSA) is 21.3 Å². The first-order valence-electron chi connectivity index (χ1n) is 7.36. The fourth-order valence-electron chi connectivity index (χ4n) is 3.08. The second kappa shape index (κ2) is 6.37. The smallest absolute Gasteiger partial charge is 0.126 e. The van der Waals surface area contributed by atoms with Crippen LogP contribution in [0.5, 0.6) is 0 Å². The minimum Gasteiger partial charge on any atom is -0.380 e. The number of methoxy groups -OCH3 is 1. The van der Waals surface area contributed by atoms with Gasteiger partial charge in [0.25, 0.3) is 0 Å². The molecule has 1 atom stereocenters. The largest absolute Gasteiger partial charge is 0.380 e. The Morgan fingerprint density at radius 2 is 1.95 bits per heavy atom. The van der Waals surface area contributed by atoms with Crippen molar-refractivity contribution in [1.82, 2.24) is 5.32 Å². The SMILES string of the molecule is COCc1ccccc1CNC1CCc2c(F)cccc21. The van der Waals surface area contributed by atoms with E-state index in [4.69, 9.17) is 4.74 Å². The average Bonchev–Trinajstić information content (AvgIpc) is 2.91. The molecule has 1 aliphatic rings. The molecular weight excluding hydrogens is 265 g/mol. The first-order chi connectivity index (χ1) is 10.3. The van der Waals surface area contributed by atoms with Gasteiger partial charge in [0.1, 0.15) is 5.82 Å². The zero-order chi connectivity index (χ0) is 14.7. The molecule has 2 aromatic carbocycles. The van der Waals surface area contributed by atoms with E-state index >= 15 is 0 Å². The van der Waals surface area contributed by atoms with Crippen molar-refractivity contribution in [2.24, 2.45) is 0 Å². The standard InChI is InChI=1S/C18H20FNO/c1-21-12-14-6-3-2-5-13(14)11-20-18-10-9-15-16(18)7-4-8-17(15)19/h2-8,18,20H,9-12H2,1H3. The lowest BCUT2D eigenvalue weighted by atomic mass is 10.1. The highest BCUT2D eigenvalue weighted by Gasteiger charge is 2.24. The molecule has 21 heavy (non-hydrogen) atoms. The molecule has 1 N–H and O–H groups in total. The molecule has 110 valence electrons. The summed E-state index contributed by atoms with van der Waals surface area (Å²) in [5.74, 6) is -0.0726. The molecule has 0 radical (unpaired) electrons. The molecule has 0 spiro atoms. The number of ether oxygens (including phenoxy) is 1. The molecule has 0 saturated carbocycles. The molecule has 0 fully saturated rings. The van der Waals surface area contributed by atoms with Gasteiger partial charge >= 0.3 is 0 Å². The third-order valence-electron chi connectivity index (χ3n) is 4.17. The van der Waals surface area contributed by atoms with E-state index in [-0.39, 0.29) is 11.9 Å². The number of hydrogen-bond donors (Lipinski definition) is 1. The summed E-state index contributed by atoms with van der Waals surface area (Å²) in [6, 6.07) is 13.9. The van der Waals surface area contributed by atoms with Crippen LogP contribution >= 0.6 is 0 Å². The van der Waals surface area contributed by atoms with E-state index in [9.17, 15) is 4.39 Å². The lowest BCUT2D eigenvalue weighted by Gasteiger charge is -2.16. The number of fused-ring (bicyclic) bond motifs is 1. The number of hydrogen-bond acceptors (Lipinski definition) is 2. The normalized spacial score (nSPS) is 17.0. The van der Waals surface area contributed by atoms with Gasteiger partial charge in [0, 0.05) is 19.7 Å². The average molecular weight is 285 g/mol. The highest BCUT2D eigenvalue weighted by molar-refractivity contribution is 5.36. The van der Waals surface area contributed by atoms with E-state index in [1.165, 1.54) is 11.1 Å². The summed E-state index contributed by atoms with van der Waals surface area (Å²) in [5.41, 5.74) is 4.42. The zero-order valence-electron chi connectivity index (χ0n) is 12.2. The molecule has 0 heterocycles. The zero-order valence-corrected chi connectivity index (χ0v) is 12.2. The van der Waals surface area contributed by atoms with E-state index in [2.05, 4.69) is 17.4 Å². The van der Waals surface area contributed by atoms with Gasteiger partial charge in [-0.2, -0.15) is 0 Å². The Labute approximate surface area is 125 Å². The van der Waals surface area contributed by atoms with Crippen LogP contribution in [-0.4, -0.2) is 7.11 Å². The molecule has 0 amide bonds. The molecule has 3 heteroatoms. The lowest BCUT2D eigenvalue weighted by Crippen LogP contribution is -2.19. The minimum atomic E-state index is -0.0726. The third-order valence-corrected chi connectivity index (χ3v) is 4.17. The van der Waals surface area contributed by atoms with Crippen molar-refractivity contribution in [2.45, 2.75) is 32.0 Å². The Kier molecular flexibility index (Phi) is 4.32. The van der Waals surface area contributed by atoms with E-state index < -0.39 is 0 Å². The Bertz CT molecular complexity index is 626. The molecule has 2 aromatic rings. The van der Waals surface area contributed by atoms with Crippen LogP contribution in [0, 0.1) is 5.82 Å². The fraction of sp³-hybridized carbons (Fsp3) is 0.333. The molecular formula is C18H20FNO. The van der Waals surface area contributed by atoms with E-state index in [0.29, 0.717) is 6.61 Å². The lowest BCUT2D eigenvalue weighted by molar-refractivity contribution is 0.184. The highest BCUT2D eigenvalue weighted by Crippen LogP contribution is 2.32. The molecule has 0 aromatic heterocycles. The third kappa shape index (κ3) is 2.99. The Balaban J connectivity index is 1.72. The van der Waals surface area contributed by atoms with Crippen LogP contribution in [0.4, 0.5) is 4.39 Å². The van der Waals surface area contributed by atoms with Gasteiger partial charge in [-0.15, -0.1) is 0 Å². The first kappa shape index (κ1) is 14.2. The van der Waals surface area contributed by atoms with Crippen LogP contribution in [0.1, 0.15) is 34.7 Å². The maximum absolute atomic E-state index is 13.7. The van der Waals surface area contributed by atoms with Crippen molar-refractivity contribution in [2.75, 3.05) is 7.11 Å². The number of nitrogens with one attached hydrogen (secondary N) is 1. The van der Waals surface area contributed by atoms with Crippen LogP contribution in [0.2, 0.25) is 0 Å². The fourth-order valence-corrected chi connectivity index (χ4v) is 3.08. The van der Waals surface area contributed by atoms with Crippen LogP contribution < -0.4 is 5.32 Å². The summed E-state index contributed by atoms with van der Waals surface area (Å²) < 4.78 is 19.0. The van der Waals surface area contributed by atoms with E-state index in [1.807, 2.05) is 18.2 Å². The molecule has 3 rings (SSSR count).